The molecule has 0 fully saturated rings. The quantitative estimate of drug-likeness (QED) is 0.747. The Bertz CT molecular complexity index is 1070. The molecular formula is C15H14F3N5O2. The van der Waals surface area contributed by atoms with Crippen LogP contribution in [0.5, 0.6) is 0 Å². The van der Waals surface area contributed by atoms with Crippen LogP contribution in [0.1, 0.15) is 11.1 Å². The third-order valence-electron chi connectivity index (χ3n) is 4.02. The van der Waals surface area contributed by atoms with Crippen LogP contribution in [0.15, 0.2) is 33.9 Å². The van der Waals surface area contributed by atoms with Crippen molar-refractivity contribution in [3.63, 3.8) is 0 Å². The first-order valence-corrected chi connectivity index (χ1v) is 7.19. The Morgan fingerprint density at radius 1 is 1.08 bits per heavy atom. The van der Waals surface area contributed by atoms with E-state index in [1.165, 1.54) is 28.3 Å². The molecule has 0 radical (unpaired) electrons. The summed E-state index contributed by atoms with van der Waals surface area (Å²) in [5, 5.41) is 0. The number of alkyl halides is 3. The van der Waals surface area contributed by atoms with Crippen LogP contribution in [0.4, 0.5) is 19.1 Å². The van der Waals surface area contributed by atoms with Crippen molar-refractivity contribution < 1.29 is 13.2 Å². The fourth-order valence-corrected chi connectivity index (χ4v) is 2.58. The van der Waals surface area contributed by atoms with E-state index in [0.717, 1.165) is 16.7 Å². The molecule has 0 aliphatic rings. The molecule has 2 heterocycles. The topological polar surface area (TPSA) is 87.8 Å². The van der Waals surface area contributed by atoms with Crippen molar-refractivity contribution >= 4 is 17.1 Å². The van der Waals surface area contributed by atoms with Gasteiger partial charge in [-0.25, -0.2) is 4.79 Å². The van der Waals surface area contributed by atoms with Crippen LogP contribution in [0.3, 0.4) is 0 Å². The molecule has 0 atom stereocenters. The standard InChI is InChI=1S/C15H14F3N5O2/c1-21-10-11(20-13(21)19)22(2)14(25)23(12(10)24)7-8-3-5-9(6-4-8)15(16,17)18/h3-6H,7H2,1-2H3,(H2,19,20). The monoisotopic (exact) mass is 353 g/mol. The second kappa shape index (κ2) is 5.50. The number of hydrogen-bond acceptors (Lipinski definition) is 4. The smallest absolute Gasteiger partial charge is 0.369 e. The van der Waals surface area contributed by atoms with Crippen molar-refractivity contribution in [3.05, 3.63) is 56.2 Å². The summed E-state index contributed by atoms with van der Waals surface area (Å²) in [5.41, 5.74) is 4.33. The number of nitrogens with zero attached hydrogens (tertiary/aromatic N) is 4. The average molecular weight is 353 g/mol. The molecule has 3 aromatic rings. The summed E-state index contributed by atoms with van der Waals surface area (Å²) in [6.45, 7) is -0.162. The molecule has 132 valence electrons. The summed E-state index contributed by atoms with van der Waals surface area (Å²) < 4.78 is 41.3. The highest BCUT2D eigenvalue weighted by molar-refractivity contribution is 5.73. The van der Waals surface area contributed by atoms with Gasteiger partial charge in [-0.2, -0.15) is 18.2 Å². The molecule has 10 heteroatoms. The Kier molecular flexibility index (Phi) is 3.70. The number of nitrogens with two attached hydrogens (primary N) is 1. The van der Waals surface area contributed by atoms with E-state index in [0.29, 0.717) is 5.56 Å². The van der Waals surface area contributed by atoms with Crippen LogP contribution in [-0.2, 0) is 26.8 Å². The predicted octanol–water partition coefficient (Wildman–Crippen LogP) is 1.08. The Morgan fingerprint density at radius 3 is 2.24 bits per heavy atom. The minimum Gasteiger partial charge on any atom is -0.369 e. The lowest BCUT2D eigenvalue weighted by molar-refractivity contribution is -0.137. The molecule has 0 aliphatic carbocycles. The van der Waals surface area contributed by atoms with Gasteiger partial charge in [0, 0.05) is 14.1 Å². The van der Waals surface area contributed by atoms with Crippen LogP contribution in [-0.4, -0.2) is 18.7 Å². The van der Waals surface area contributed by atoms with Gasteiger partial charge in [0.15, 0.2) is 11.2 Å². The maximum atomic E-state index is 12.6. The predicted molar refractivity (Wildman–Crippen MR) is 85.2 cm³/mol. The third-order valence-corrected chi connectivity index (χ3v) is 4.02. The summed E-state index contributed by atoms with van der Waals surface area (Å²) >= 11 is 0. The Balaban J connectivity index is 2.12. The zero-order valence-corrected chi connectivity index (χ0v) is 13.3. The molecule has 25 heavy (non-hydrogen) atoms. The van der Waals surface area contributed by atoms with Gasteiger partial charge in [-0.15, -0.1) is 0 Å². The van der Waals surface area contributed by atoms with Crippen molar-refractivity contribution in [2.24, 2.45) is 14.1 Å². The molecule has 3 rings (SSSR count). The number of imidazole rings is 1. The average Bonchev–Trinajstić information content (AvgIpc) is 2.85. The number of rotatable bonds is 2. The van der Waals surface area contributed by atoms with E-state index < -0.39 is 23.0 Å². The summed E-state index contributed by atoms with van der Waals surface area (Å²) in [6, 6.07) is 4.28. The third kappa shape index (κ3) is 2.69. The van der Waals surface area contributed by atoms with Crippen molar-refractivity contribution in [2.45, 2.75) is 12.7 Å². The highest BCUT2D eigenvalue weighted by atomic mass is 19.4. The molecule has 0 saturated heterocycles. The normalized spacial score (nSPS) is 12.0. The van der Waals surface area contributed by atoms with Gasteiger partial charge < -0.3 is 10.3 Å². The molecule has 0 bridgehead atoms. The summed E-state index contributed by atoms with van der Waals surface area (Å²) in [5.74, 6) is 0.0781. The van der Waals surface area contributed by atoms with Gasteiger partial charge in [-0.05, 0) is 17.7 Å². The zero-order chi connectivity index (χ0) is 18.5. The van der Waals surface area contributed by atoms with Crippen LogP contribution in [0.25, 0.3) is 11.2 Å². The number of halogens is 3. The fourth-order valence-electron chi connectivity index (χ4n) is 2.58. The Morgan fingerprint density at radius 2 is 1.68 bits per heavy atom. The van der Waals surface area contributed by atoms with E-state index in [4.69, 9.17) is 5.73 Å². The highest BCUT2D eigenvalue weighted by Gasteiger charge is 2.30. The van der Waals surface area contributed by atoms with Gasteiger partial charge in [0.25, 0.3) is 5.56 Å². The fraction of sp³-hybridized carbons (Fsp3) is 0.267. The van der Waals surface area contributed by atoms with E-state index in [-0.39, 0.29) is 23.7 Å². The van der Waals surface area contributed by atoms with E-state index in [2.05, 4.69) is 4.98 Å². The molecule has 0 unspecified atom stereocenters. The number of anilines is 1. The van der Waals surface area contributed by atoms with Gasteiger partial charge in [-0.3, -0.25) is 13.9 Å². The van der Waals surface area contributed by atoms with E-state index in [1.54, 1.807) is 7.05 Å². The van der Waals surface area contributed by atoms with Crippen molar-refractivity contribution in [1.29, 1.82) is 0 Å². The largest absolute Gasteiger partial charge is 0.416 e. The molecular weight excluding hydrogens is 339 g/mol. The first-order chi connectivity index (χ1) is 11.6. The van der Waals surface area contributed by atoms with Crippen molar-refractivity contribution in [2.75, 3.05) is 5.73 Å². The maximum absolute atomic E-state index is 12.6. The molecule has 0 saturated carbocycles. The van der Waals surface area contributed by atoms with Gasteiger partial charge in [0.05, 0.1) is 12.1 Å². The van der Waals surface area contributed by atoms with Crippen molar-refractivity contribution in [3.8, 4) is 0 Å². The summed E-state index contributed by atoms with van der Waals surface area (Å²) in [6.07, 6.45) is -4.45. The number of fused-ring (bicyclic) bond motifs is 1. The maximum Gasteiger partial charge on any atom is 0.416 e. The SMILES string of the molecule is Cn1c(N)nc2c1c(=O)n(Cc1ccc(C(F)(F)F)cc1)c(=O)n2C. The number of nitrogen functional groups attached to an aromatic ring is 1. The van der Waals surface area contributed by atoms with Crippen LogP contribution in [0, 0.1) is 0 Å². The minimum absolute atomic E-state index is 0.0781. The number of benzene rings is 1. The minimum atomic E-state index is -4.45. The van der Waals surface area contributed by atoms with Crippen LogP contribution < -0.4 is 17.0 Å². The van der Waals surface area contributed by atoms with E-state index in [9.17, 15) is 22.8 Å². The molecule has 1 aromatic carbocycles. The first kappa shape index (κ1) is 16.8. The molecule has 0 aliphatic heterocycles. The lowest BCUT2D eigenvalue weighted by Gasteiger charge is -2.10. The van der Waals surface area contributed by atoms with Crippen LogP contribution >= 0.6 is 0 Å². The Labute approximate surface area is 138 Å². The second-order valence-electron chi connectivity index (χ2n) is 5.63. The molecule has 7 nitrogen and oxygen atoms in total. The lowest BCUT2D eigenvalue weighted by Crippen LogP contribution is -2.39. The van der Waals surface area contributed by atoms with E-state index >= 15 is 0 Å². The zero-order valence-electron chi connectivity index (χ0n) is 13.3. The first-order valence-electron chi connectivity index (χ1n) is 7.19. The van der Waals surface area contributed by atoms with Gasteiger partial charge >= 0.3 is 11.9 Å². The summed E-state index contributed by atoms with van der Waals surface area (Å²) in [7, 11) is 2.98. The molecule has 2 aromatic heterocycles. The molecule has 0 spiro atoms. The van der Waals surface area contributed by atoms with Gasteiger partial charge in [0.2, 0.25) is 5.95 Å². The number of aryl methyl sites for hydroxylation is 2. The van der Waals surface area contributed by atoms with E-state index in [1.807, 2.05) is 0 Å². The Hall–Kier alpha value is -3.04. The second-order valence-corrected chi connectivity index (χ2v) is 5.63. The van der Waals surface area contributed by atoms with Gasteiger partial charge in [-0.1, -0.05) is 12.1 Å². The highest BCUT2D eigenvalue weighted by Crippen LogP contribution is 2.29. The molecule has 2 N–H and O–H groups in total. The van der Waals surface area contributed by atoms with Crippen molar-refractivity contribution in [1.82, 2.24) is 18.7 Å². The summed E-state index contributed by atoms with van der Waals surface area (Å²) in [4.78, 5) is 29.0. The lowest BCUT2D eigenvalue weighted by atomic mass is 10.1. The van der Waals surface area contributed by atoms with Gasteiger partial charge in [0.1, 0.15) is 0 Å². The number of hydrogen-bond donors (Lipinski definition) is 1. The van der Waals surface area contributed by atoms with Crippen LogP contribution in [0.2, 0.25) is 0 Å². The molecule has 0 amide bonds. The number of aromatic nitrogens is 4.